The van der Waals surface area contributed by atoms with Gasteiger partial charge < -0.3 is 0 Å². The molecule has 0 saturated heterocycles. The lowest BCUT2D eigenvalue weighted by molar-refractivity contribution is 0.690. The second-order valence-electron chi connectivity index (χ2n) is 2.41. The fraction of sp³-hybridized carbons (Fsp3) is 0.714. The van der Waals surface area contributed by atoms with Crippen molar-refractivity contribution in [2.75, 3.05) is 0 Å². The van der Waals surface area contributed by atoms with Crippen LogP contribution in [0.3, 0.4) is 0 Å². The third kappa shape index (κ3) is 1.35. The summed E-state index contributed by atoms with van der Waals surface area (Å²) in [6.07, 6.45) is 6.03. The summed E-state index contributed by atoms with van der Waals surface area (Å²) in [7, 11) is 0. The predicted molar refractivity (Wildman–Crippen MR) is 40.3 cm³/mol. The Kier molecular flexibility index (Phi) is 2.12. The summed E-state index contributed by atoms with van der Waals surface area (Å²) in [5.41, 5.74) is 0. The van der Waals surface area contributed by atoms with Gasteiger partial charge in [0, 0.05) is 4.83 Å². The fourth-order valence-electron chi connectivity index (χ4n) is 1.17. The zero-order valence-corrected chi connectivity index (χ0v) is 6.52. The molecule has 0 amide bonds. The van der Waals surface area contributed by atoms with Crippen molar-refractivity contribution in [2.24, 2.45) is 5.92 Å². The van der Waals surface area contributed by atoms with E-state index in [1.54, 1.807) is 0 Å². The van der Waals surface area contributed by atoms with E-state index in [4.69, 9.17) is 0 Å². The van der Waals surface area contributed by atoms with E-state index in [0.29, 0.717) is 0 Å². The summed E-state index contributed by atoms with van der Waals surface area (Å²) in [5.74, 6) is 0.791. The lowest BCUT2D eigenvalue weighted by Gasteiger charge is -1.97. The van der Waals surface area contributed by atoms with Crippen LogP contribution in [-0.4, -0.2) is 4.83 Å². The smallest absolute Gasteiger partial charge is 0.0151 e. The van der Waals surface area contributed by atoms with Crippen LogP contribution >= 0.6 is 15.9 Å². The molecule has 0 nitrogen and oxygen atoms in total. The van der Waals surface area contributed by atoms with Crippen molar-refractivity contribution < 1.29 is 0 Å². The molecular weight excluding hydrogens is 164 g/mol. The van der Waals surface area contributed by atoms with Gasteiger partial charge in [-0.3, -0.25) is 0 Å². The van der Waals surface area contributed by atoms with Crippen molar-refractivity contribution in [3.8, 4) is 0 Å². The van der Waals surface area contributed by atoms with Gasteiger partial charge in [-0.2, -0.15) is 0 Å². The Hall–Kier alpha value is 0.220. The van der Waals surface area contributed by atoms with E-state index in [9.17, 15) is 0 Å². The first-order valence-electron chi connectivity index (χ1n) is 3.09. The van der Waals surface area contributed by atoms with Gasteiger partial charge in [-0.05, 0) is 25.2 Å². The van der Waals surface area contributed by atoms with Crippen molar-refractivity contribution in [1.82, 2.24) is 0 Å². The van der Waals surface area contributed by atoms with Crippen molar-refractivity contribution >= 4 is 15.9 Å². The first kappa shape index (κ1) is 6.34. The molecule has 1 saturated carbocycles. The van der Waals surface area contributed by atoms with Crippen molar-refractivity contribution in [3.05, 3.63) is 12.7 Å². The Morgan fingerprint density at radius 1 is 1.50 bits per heavy atom. The Labute approximate surface area is 59.1 Å². The van der Waals surface area contributed by atoms with Gasteiger partial charge in [0.1, 0.15) is 0 Å². The molecule has 2 unspecified atom stereocenters. The molecule has 0 N–H and O–H groups in total. The molecule has 1 aliphatic carbocycles. The van der Waals surface area contributed by atoms with Crippen LogP contribution in [0, 0.1) is 5.92 Å². The molecule has 1 fully saturated rings. The highest BCUT2D eigenvalue weighted by Crippen LogP contribution is 2.30. The van der Waals surface area contributed by atoms with Crippen LogP contribution in [0.2, 0.25) is 0 Å². The molecule has 0 radical (unpaired) electrons. The van der Waals surface area contributed by atoms with Crippen molar-refractivity contribution in [2.45, 2.75) is 24.1 Å². The molecule has 1 aliphatic rings. The van der Waals surface area contributed by atoms with E-state index in [1.165, 1.54) is 19.3 Å². The quantitative estimate of drug-likeness (QED) is 0.424. The molecular formula is C7H11Br. The Morgan fingerprint density at radius 2 is 2.25 bits per heavy atom. The Balaban J connectivity index is 2.32. The third-order valence-electron chi connectivity index (χ3n) is 1.74. The molecule has 1 heteroatoms. The largest absolute Gasteiger partial charge is 0.103 e. The van der Waals surface area contributed by atoms with Gasteiger partial charge in [0.15, 0.2) is 0 Å². The SMILES string of the molecule is C=CC1CCC(Br)C1. The third-order valence-corrected chi connectivity index (χ3v) is 2.57. The highest BCUT2D eigenvalue weighted by Gasteiger charge is 2.18. The monoisotopic (exact) mass is 174 g/mol. The molecule has 2 atom stereocenters. The molecule has 0 heterocycles. The molecule has 8 heavy (non-hydrogen) atoms. The zero-order valence-electron chi connectivity index (χ0n) is 4.94. The average Bonchev–Trinajstić information content (AvgIpc) is 2.14. The number of allylic oxidation sites excluding steroid dienone is 1. The van der Waals surface area contributed by atoms with Crippen molar-refractivity contribution in [3.63, 3.8) is 0 Å². The van der Waals surface area contributed by atoms with E-state index < -0.39 is 0 Å². The van der Waals surface area contributed by atoms with E-state index in [2.05, 4.69) is 28.6 Å². The highest BCUT2D eigenvalue weighted by molar-refractivity contribution is 9.09. The molecule has 0 spiro atoms. The maximum atomic E-state index is 3.76. The minimum Gasteiger partial charge on any atom is -0.103 e. The summed E-state index contributed by atoms with van der Waals surface area (Å²) in [6, 6.07) is 0. The van der Waals surface area contributed by atoms with Gasteiger partial charge in [0.2, 0.25) is 0 Å². The van der Waals surface area contributed by atoms with E-state index in [1.807, 2.05) is 0 Å². The van der Waals surface area contributed by atoms with Crippen LogP contribution in [0.4, 0.5) is 0 Å². The number of hydrogen-bond donors (Lipinski definition) is 0. The van der Waals surface area contributed by atoms with E-state index >= 15 is 0 Å². The molecule has 1 rings (SSSR count). The zero-order chi connectivity index (χ0) is 5.98. The van der Waals surface area contributed by atoms with Gasteiger partial charge in [-0.1, -0.05) is 22.0 Å². The number of alkyl halides is 1. The second-order valence-corrected chi connectivity index (χ2v) is 3.70. The molecule has 46 valence electrons. The predicted octanol–water partition coefficient (Wildman–Crippen LogP) is 2.74. The van der Waals surface area contributed by atoms with Crippen LogP contribution in [0.5, 0.6) is 0 Å². The summed E-state index contributed by atoms with van der Waals surface area (Å²) in [6.45, 7) is 3.76. The minimum atomic E-state index is 0.769. The summed E-state index contributed by atoms with van der Waals surface area (Å²) in [4.78, 5) is 0.769. The van der Waals surface area contributed by atoms with Gasteiger partial charge in [-0.15, -0.1) is 6.58 Å². The summed E-state index contributed by atoms with van der Waals surface area (Å²) >= 11 is 3.57. The van der Waals surface area contributed by atoms with Crippen LogP contribution < -0.4 is 0 Å². The molecule has 0 aromatic heterocycles. The Morgan fingerprint density at radius 3 is 2.50 bits per heavy atom. The number of rotatable bonds is 1. The summed E-state index contributed by atoms with van der Waals surface area (Å²) in [5, 5.41) is 0. The van der Waals surface area contributed by atoms with E-state index in [0.717, 1.165) is 10.7 Å². The van der Waals surface area contributed by atoms with Crippen LogP contribution in [0.1, 0.15) is 19.3 Å². The van der Waals surface area contributed by atoms with Crippen LogP contribution in [0.15, 0.2) is 12.7 Å². The van der Waals surface area contributed by atoms with Crippen LogP contribution in [0.25, 0.3) is 0 Å². The fourth-order valence-corrected chi connectivity index (χ4v) is 1.92. The molecule has 0 aromatic carbocycles. The van der Waals surface area contributed by atoms with Crippen LogP contribution in [-0.2, 0) is 0 Å². The van der Waals surface area contributed by atoms with Crippen molar-refractivity contribution in [1.29, 1.82) is 0 Å². The maximum absolute atomic E-state index is 3.76. The van der Waals surface area contributed by atoms with Gasteiger partial charge in [-0.25, -0.2) is 0 Å². The van der Waals surface area contributed by atoms with E-state index in [-0.39, 0.29) is 0 Å². The first-order chi connectivity index (χ1) is 3.83. The van der Waals surface area contributed by atoms with Gasteiger partial charge in [0.05, 0.1) is 0 Å². The molecule has 0 bridgehead atoms. The average molecular weight is 175 g/mol. The lowest BCUT2D eigenvalue weighted by Crippen LogP contribution is -1.88. The molecule has 0 aliphatic heterocycles. The highest BCUT2D eigenvalue weighted by atomic mass is 79.9. The standard InChI is InChI=1S/C7H11Br/c1-2-6-3-4-7(8)5-6/h2,6-7H,1,3-5H2. The number of halogens is 1. The maximum Gasteiger partial charge on any atom is 0.0151 e. The first-order valence-corrected chi connectivity index (χ1v) is 4.01. The summed E-state index contributed by atoms with van der Waals surface area (Å²) < 4.78 is 0. The van der Waals surface area contributed by atoms with Gasteiger partial charge >= 0.3 is 0 Å². The normalized spacial score (nSPS) is 37.6. The Bertz CT molecular complexity index is 88.4. The number of hydrogen-bond acceptors (Lipinski definition) is 0. The minimum absolute atomic E-state index is 0.769. The molecule has 0 aromatic rings. The topological polar surface area (TPSA) is 0 Å². The van der Waals surface area contributed by atoms with Gasteiger partial charge in [0.25, 0.3) is 0 Å². The lowest BCUT2D eigenvalue weighted by atomic mass is 10.1. The second kappa shape index (κ2) is 2.67.